The average molecular weight is 356 g/mol. The van der Waals surface area contributed by atoms with E-state index in [1.807, 2.05) is 49.6 Å². The van der Waals surface area contributed by atoms with Crippen LogP contribution < -0.4 is 19.5 Å². The number of ether oxygens (including phenoxy) is 1. The SMILES string of the molecule is COc1ccccc1CN(C)C(=O)C[NH+]1CCN(c2cccc[nH+]2)CC1. The third-order valence-electron chi connectivity index (χ3n) is 4.93. The zero-order valence-corrected chi connectivity index (χ0v) is 15.6. The van der Waals surface area contributed by atoms with Crippen molar-refractivity contribution in [3.05, 3.63) is 54.2 Å². The molecule has 1 amide bonds. The van der Waals surface area contributed by atoms with Gasteiger partial charge in [0.05, 0.1) is 13.3 Å². The van der Waals surface area contributed by atoms with Gasteiger partial charge in [-0.1, -0.05) is 24.3 Å². The van der Waals surface area contributed by atoms with Gasteiger partial charge in [-0.15, -0.1) is 0 Å². The molecule has 3 rings (SSSR count). The van der Waals surface area contributed by atoms with Crippen LogP contribution in [0, 0.1) is 0 Å². The van der Waals surface area contributed by atoms with E-state index in [0.717, 1.165) is 43.3 Å². The molecule has 138 valence electrons. The molecular formula is C20H28N4O2+2. The fourth-order valence-electron chi connectivity index (χ4n) is 3.35. The van der Waals surface area contributed by atoms with Gasteiger partial charge in [-0.25, -0.2) is 4.98 Å². The van der Waals surface area contributed by atoms with Crippen molar-refractivity contribution >= 4 is 11.7 Å². The van der Waals surface area contributed by atoms with Gasteiger partial charge in [0.2, 0.25) is 0 Å². The van der Waals surface area contributed by atoms with Gasteiger partial charge in [-0.3, -0.25) is 9.69 Å². The first-order valence-corrected chi connectivity index (χ1v) is 9.08. The number of para-hydroxylation sites is 1. The molecule has 1 aliphatic rings. The van der Waals surface area contributed by atoms with Crippen LogP contribution in [0.2, 0.25) is 0 Å². The van der Waals surface area contributed by atoms with Crippen molar-refractivity contribution in [1.82, 2.24) is 4.90 Å². The number of nitrogens with zero attached hydrogens (tertiary/aromatic N) is 2. The summed E-state index contributed by atoms with van der Waals surface area (Å²) in [6.07, 6.45) is 1.95. The second-order valence-corrected chi connectivity index (χ2v) is 6.72. The molecule has 1 fully saturated rings. The average Bonchev–Trinajstić information content (AvgIpc) is 2.69. The fraction of sp³-hybridized carbons (Fsp3) is 0.400. The van der Waals surface area contributed by atoms with Crippen LogP contribution in [0.1, 0.15) is 5.56 Å². The number of amides is 1. The number of anilines is 1. The minimum Gasteiger partial charge on any atom is -0.496 e. The molecular weight excluding hydrogens is 328 g/mol. The summed E-state index contributed by atoms with van der Waals surface area (Å²) < 4.78 is 5.38. The van der Waals surface area contributed by atoms with Crippen LogP contribution in [0.5, 0.6) is 5.75 Å². The van der Waals surface area contributed by atoms with E-state index in [1.165, 1.54) is 4.90 Å². The van der Waals surface area contributed by atoms with Gasteiger partial charge in [-0.05, 0) is 12.1 Å². The normalized spacial score (nSPS) is 14.9. The third kappa shape index (κ3) is 4.52. The number of nitrogens with one attached hydrogen (secondary N) is 2. The van der Waals surface area contributed by atoms with Crippen LogP contribution >= 0.6 is 0 Å². The first-order chi connectivity index (χ1) is 12.7. The summed E-state index contributed by atoms with van der Waals surface area (Å²) in [7, 11) is 3.53. The Labute approximate surface area is 155 Å². The molecule has 1 aliphatic heterocycles. The number of piperazine rings is 1. The van der Waals surface area contributed by atoms with Crippen LogP contribution in [0.15, 0.2) is 48.7 Å². The number of carbonyl (C=O) groups excluding carboxylic acids is 1. The van der Waals surface area contributed by atoms with Crippen molar-refractivity contribution in [2.75, 3.05) is 51.8 Å². The molecule has 2 heterocycles. The van der Waals surface area contributed by atoms with Crippen LogP contribution in [0.3, 0.4) is 0 Å². The van der Waals surface area contributed by atoms with Crippen LogP contribution in [0.25, 0.3) is 0 Å². The summed E-state index contributed by atoms with van der Waals surface area (Å²) in [5.41, 5.74) is 1.03. The summed E-state index contributed by atoms with van der Waals surface area (Å²) in [5, 5.41) is 0. The molecule has 1 saturated heterocycles. The Hall–Kier alpha value is -2.60. The monoisotopic (exact) mass is 356 g/mol. The van der Waals surface area contributed by atoms with E-state index >= 15 is 0 Å². The standard InChI is InChI=1S/C20H26N4O2/c1-22(15-17-7-3-4-8-18(17)26-2)20(25)16-23-11-13-24(14-12-23)19-9-5-6-10-21-19/h3-10H,11-16H2,1-2H3/p+2. The van der Waals surface area contributed by atoms with Crippen molar-refractivity contribution in [2.45, 2.75) is 6.54 Å². The number of rotatable bonds is 6. The number of pyridine rings is 1. The topological polar surface area (TPSA) is 51.4 Å². The zero-order valence-electron chi connectivity index (χ0n) is 15.6. The molecule has 0 atom stereocenters. The van der Waals surface area contributed by atoms with Crippen molar-refractivity contribution in [1.29, 1.82) is 0 Å². The van der Waals surface area contributed by atoms with Gasteiger partial charge in [0, 0.05) is 25.2 Å². The van der Waals surface area contributed by atoms with E-state index in [0.29, 0.717) is 13.1 Å². The van der Waals surface area contributed by atoms with E-state index in [1.54, 1.807) is 12.0 Å². The Morgan fingerprint density at radius 3 is 2.62 bits per heavy atom. The first-order valence-electron chi connectivity index (χ1n) is 9.08. The van der Waals surface area contributed by atoms with Crippen molar-refractivity contribution < 1.29 is 19.4 Å². The molecule has 0 spiro atoms. The van der Waals surface area contributed by atoms with Crippen molar-refractivity contribution in [3.8, 4) is 5.75 Å². The summed E-state index contributed by atoms with van der Waals surface area (Å²) in [6, 6.07) is 14.0. The number of carbonyl (C=O) groups is 1. The van der Waals surface area contributed by atoms with Gasteiger partial charge in [-0.2, -0.15) is 0 Å². The Balaban J connectivity index is 1.49. The first kappa shape index (κ1) is 18.2. The minimum atomic E-state index is 0.172. The number of hydrogen-bond donors (Lipinski definition) is 1. The summed E-state index contributed by atoms with van der Waals surface area (Å²) in [6.45, 7) is 4.96. The predicted octanol–water partition coefficient (Wildman–Crippen LogP) is -0.127. The van der Waals surface area contributed by atoms with Crippen LogP contribution in [-0.4, -0.2) is 57.7 Å². The zero-order chi connectivity index (χ0) is 18.4. The number of aromatic nitrogens is 1. The number of benzene rings is 1. The van der Waals surface area contributed by atoms with E-state index in [2.05, 4.69) is 16.0 Å². The molecule has 0 saturated carbocycles. The minimum absolute atomic E-state index is 0.172. The quantitative estimate of drug-likeness (QED) is 0.785. The van der Waals surface area contributed by atoms with E-state index < -0.39 is 0 Å². The second-order valence-electron chi connectivity index (χ2n) is 6.72. The van der Waals surface area contributed by atoms with Gasteiger partial charge in [0.25, 0.3) is 11.7 Å². The summed E-state index contributed by atoms with van der Waals surface area (Å²) in [4.78, 5) is 21.4. The van der Waals surface area contributed by atoms with E-state index in [4.69, 9.17) is 4.74 Å². The Morgan fingerprint density at radius 1 is 1.19 bits per heavy atom. The fourth-order valence-corrected chi connectivity index (χ4v) is 3.35. The molecule has 1 aromatic carbocycles. The van der Waals surface area contributed by atoms with Gasteiger partial charge in [0.1, 0.15) is 31.9 Å². The lowest BCUT2D eigenvalue weighted by Gasteiger charge is -2.29. The van der Waals surface area contributed by atoms with Crippen molar-refractivity contribution in [2.24, 2.45) is 0 Å². The Morgan fingerprint density at radius 2 is 1.92 bits per heavy atom. The largest absolute Gasteiger partial charge is 0.496 e. The molecule has 0 aliphatic carbocycles. The Bertz CT molecular complexity index is 715. The predicted molar refractivity (Wildman–Crippen MR) is 100 cm³/mol. The molecule has 1 aromatic heterocycles. The molecule has 6 heteroatoms. The van der Waals surface area contributed by atoms with Crippen molar-refractivity contribution in [3.63, 3.8) is 0 Å². The number of hydrogen-bond acceptors (Lipinski definition) is 3. The number of aromatic amines is 1. The lowest BCUT2D eigenvalue weighted by atomic mass is 10.2. The molecule has 2 aromatic rings. The maximum atomic E-state index is 12.6. The lowest BCUT2D eigenvalue weighted by molar-refractivity contribution is -0.892. The molecule has 26 heavy (non-hydrogen) atoms. The molecule has 2 N–H and O–H groups in total. The van der Waals surface area contributed by atoms with Gasteiger partial charge < -0.3 is 14.5 Å². The highest BCUT2D eigenvalue weighted by Gasteiger charge is 2.28. The van der Waals surface area contributed by atoms with Gasteiger partial charge >= 0.3 is 0 Å². The number of methoxy groups -OCH3 is 1. The Kier molecular flexibility index (Phi) is 6.07. The highest BCUT2D eigenvalue weighted by atomic mass is 16.5. The summed E-state index contributed by atoms with van der Waals surface area (Å²) >= 11 is 0. The van der Waals surface area contributed by atoms with E-state index in [-0.39, 0.29) is 5.91 Å². The number of likely N-dealkylation sites (N-methyl/N-ethyl adjacent to an activating group) is 1. The van der Waals surface area contributed by atoms with E-state index in [9.17, 15) is 4.79 Å². The smallest absolute Gasteiger partial charge is 0.277 e. The lowest BCUT2D eigenvalue weighted by Crippen LogP contribution is -3.15. The van der Waals surface area contributed by atoms with Gasteiger partial charge in [0.15, 0.2) is 6.54 Å². The maximum absolute atomic E-state index is 12.6. The molecule has 6 nitrogen and oxygen atoms in total. The summed E-state index contributed by atoms with van der Waals surface area (Å²) in [5.74, 6) is 2.14. The third-order valence-corrected chi connectivity index (χ3v) is 4.93. The van der Waals surface area contributed by atoms with Crippen LogP contribution in [0.4, 0.5) is 5.82 Å². The molecule has 0 radical (unpaired) electrons. The highest BCUT2D eigenvalue weighted by molar-refractivity contribution is 5.76. The molecule has 0 bridgehead atoms. The van der Waals surface area contributed by atoms with Crippen LogP contribution in [-0.2, 0) is 11.3 Å². The number of H-pyrrole nitrogens is 1. The maximum Gasteiger partial charge on any atom is 0.277 e. The molecule has 0 unspecified atom stereocenters. The number of quaternary nitrogens is 1. The second kappa shape index (κ2) is 8.67. The highest BCUT2D eigenvalue weighted by Crippen LogP contribution is 2.18.